The van der Waals surface area contributed by atoms with Crippen LogP contribution < -0.4 is 5.32 Å². The monoisotopic (exact) mass is 275 g/mol. The first-order valence-corrected chi connectivity index (χ1v) is 6.43. The smallest absolute Gasteiger partial charge is 0.407 e. The molecule has 1 fully saturated rings. The van der Waals surface area contributed by atoms with Gasteiger partial charge in [0.1, 0.15) is 11.3 Å². The third-order valence-corrected chi connectivity index (χ3v) is 3.54. The first kappa shape index (κ1) is 12.7. The molecule has 3 rings (SSSR count). The van der Waals surface area contributed by atoms with Crippen LogP contribution in [0.2, 0.25) is 0 Å². The molecule has 0 saturated carbocycles. The molecule has 0 unspecified atom stereocenters. The molecule has 1 aliphatic rings. The van der Waals surface area contributed by atoms with E-state index in [0.29, 0.717) is 24.0 Å². The maximum absolute atomic E-state index is 13.7. The number of carbonyl (C=O) groups is 1. The SMILES string of the molecule is O=C(O)N1CC[C@H](Nc2ccc(F)c3ncccc23)C1. The molecule has 0 bridgehead atoms. The summed E-state index contributed by atoms with van der Waals surface area (Å²) in [5, 5.41) is 12.9. The summed E-state index contributed by atoms with van der Waals surface area (Å²) in [7, 11) is 0. The van der Waals surface area contributed by atoms with Gasteiger partial charge >= 0.3 is 6.09 Å². The molecule has 6 heteroatoms. The van der Waals surface area contributed by atoms with E-state index < -0.39 is 6.09 Å². The highest BCUT2D eigenvalue weighted by atomic mass is 19.1. The van der Waals surface area contributed by atoms with E-state index in [2.05, 4.69) is 10.3 Å². The predicted molar refractivity (Wildman–Crippen MR) is 73.3 cm³/mol. The van der Waals surface area contributed by atoms with E-state index in [1.54, 1.807) is 24.4 Å². The van der Waals surface area contributed by atoms with Gasteiger partial charge in [-0.2, -0.15) is 0 Å². The van der Waals surface area contributed by atoms with E-state index in [-0.39, 0.29) is 11.9 Å². The molecule has 5 nitrogen and oxygen atoms in total. The molecule has 0 radical (unpaired) electrons. The van der Waals surface area contributed by atoms with Gasteiger partial charge < -0.3 is 15.3 Å². The highest BCUT2D eigenvalue weighted by Crippen LogP contribution is 2.26. The molecule has 2 aromatic rings. The van der Waals surface area contributed by atoms with Crippen LogP contribution in [0.4, 0.5) is 14.9 Å². The van der Waals surface area contributed by atoms with E-state index in [1.165, 1.54) is 11.0 Å². The Bertz CT molecular complexity index is 662. The number of pyridine rings is 1. The molecule has 0 spiro atoms. The van der Waals surface area contributed by atoms with Crippen LogP contribution in [0.5, 0.6) is 0 Å². The molecule has 1 aliphatic heterocycles. The van der Waals surface area contributed by atoms with Gasteiger partial charge in [0.05, 0.1) is 0 Å². The summed E-state index contributed by atoms with van der Waals surface area (Å²) in [4.78, 5) is 16.3. The molecular weight excluding hydrogens is 261 g/mol. The number of benzene rings is 1. The van der Waals surface area contributed by atoms with E-state index in [1.807, 2.05) is 0 Å². The zero-order valence-corrected chi connectivity index (χ0v) is 10.7. The van der Waals surface area contributed by atoms with Crippen LogP contribution in [0.3, 0.4) is 0 Å². The van der Waals surface area contributed by atoms with Crippen LogP contribution in [-0.2, 0) is 0 Å². The lowest BCUT2D eigenvalue weighted by atomic mass is 10.1. The predicted octanol–water partition coefficient (Wildman–Crippen LogP) is 2.54. The van der Waals surface area contributed by atoms with Crippen molar-refractivity contribution in [3.63, 3.8) is 0 Å². The lowest BCUT2D eigenvalue weighted by molar-refractivity contribution is 0.155. The molecule has 1 aromatic carbocycles. The fourth-order valence-electron chi connectivity index (χ4n) is 2.54. The maximum atomic E-state index is 13.7. The Morgan fingerprint density at radius 3 is 3.05 bits per heavy atom. The van der Waals surface area contributed by atoms with Crippen molar-refractivity contribution in [2.24, 2.45) is 0 Å². The second kappa shape index (κ2) is 4.96. The molecule has 104 valence electrons. The minimum Gasteiger partial charge on any atom is -0.465 e. The van der Waals surface area contributed by atoms with Gasteiger partial charge in [-0.3, -0.25) is 4.98 Å². The summed E-state index contributed by atoms with van der Waals surface area (Å²) in [6.07, 6.45) is 1.39. The van der Waals surface area contributed by atoms with Crippen LogP contribution in [0.1, 0.15) is 6.42 Å². The summed E-state index contributed by atoms with van der Waals surface area (Å²) >= 11 is 0. The standard InChI is InChI=1S/C14H14FN3O2/c15-11-3-4-12(10-2-1-6-16-13(10)11)17-9-5-7-18(8-9)14(19)20/h1-4,6,9,17H,5,7-8H2,(H,19,20)/t9-/m0/s1. The van der Waals surface area contributed by atoms with Gasteiger partial charge in [-0.15, -0.1) is 0 Å². The maximum Gasteiger partial charge on any atom is 0.407 e. The highest BCUT2D eigenvalue weighted by molar-refractivity contribution is 5.91. The number of nitrogens with zero attached hydrogens (tertiary/aromatic N) is 2. The van der Waals surface area contributed by atoms with Crippen molar-refractivity contribution in [1.29, 1.82) is 0 Å². The quantitative estimate of drug-likeness (QED) is 0.884. The van der Waals surface area contributed by atoms with Gasteiger partial charge in [-0.25, -0.2) is 9.18 Å². The van der Waals surface area contributed by atoms with Crippen molar-refractivity contribution in [3.8, 4) is 0 Å². The molecule has 2 N–H and O–H groups in total. The lowest BCUT2D eigenvalue weighted by Gasteiger charge is -2.16. The van der Waals surface area contributed by atoms with E-state index in [4.69, 9.17) is 5.11 Å². The molecule has 0 aliphatic carbocycles. The van der Waals surface area contributed by atoms with Crippen molar-refractivity contribution < 1.29 is 14.3 Å². The van der Waals surface area contributed by atoms with Crippen molar-refractivity contribution in [1.82, 2.24) is 9.88 Å². The highest BCUT2D eigenvalue weighted by Gasteiger charge is 2.26. The number of hydrogen-bond acceptors (Lipinski definition) is 3. The third-order valence-electron chi connectivity index (χ3n) is 3.54. The average molecular weight is 275 g/mol. The lowest BCUT2D eigenvalue weighted by Crippen LogP contribution is -2.30. The Morgan fingerprint density at radius 1 is 1.45 bits per heavy atom. The minimum atomic E-state index is -0.903. The second-order valence-electron chi connectivity index (χ2n) is 4.85. The van der Waals surface area contributed by atoms with Gasteiger partial charge in [0.2, 0.25) is 0 Å². The van der Waals surface area contributed by atoms with Crippen molar-refractivity contribution >= 4 is 22.7 Å². The van der Waals surface area contributed by atoms with Gasteiger partial charge in [0.15, 0.2) is 0 Å². The Morgan fingerprint density at radius 2 is 2.30 bits per heavy atom. The van der Waals surface area contributed by atoms with Gasteiger partial charge in [0.25, 0.3) is 0 Å². The van der Waals surface area contributed by atoms with Crippen LogP contribution in [-0.4, -0.2) is 40.2 Å². The molecule has 1 saturated heterocycles. The number of fused-ring (bicyclic) bond motifs is 1. The fraction of sp³-hybridized carbons (Fsp3) is 0.286. The first-order valence-electron chi connectivity index (χ1n) is 6.43. The molecule has 20 heavy (non-hydrogen) atoms. The summed E-state index contributed by atoms with van der Waals surface area (Å²) in [6, 6.07) is 6.65. The number of likely N-dealkylation sites (tertiary alicyclic amines) is 1. The Hall–Kier alpha value is -2.37. The van der Waals surface area contributed by atoms with Gasteiger partial charge in [-0.05, 0) is 30.7 Å². The fourth-order valence-corrected chi connectivity index (χ4v) is 2.54. The number of carboxylic acid groups (broad SMARTS) is 1. The molecule has 2 heterocycles. The molecule has 1 atom stereocenters. The van der Waals surface area contributed by atoms with Crippen molar-refractivity contribution in [3.05, 3.63) is 36.3 Å². The average Bonchev–Trinajstić information content (AvgIpc) is 2.91. The van der Waals surface area contributed by atoms with E-state index in [0.717, 1.165) is 12.1 Å². The van der Waals surface area contributed by atoms with Crippen molar-refractivity contribution in [2.45, 2.75) is 12.5 Å². The summed E-state index contributed by atoms with van der Waals surface area (Å²) in [6.45, 7) is 0.957. The van der Waals surface area contributed by atoms with E-state index in [9.17, 15) is 9.18 Å². The number of amides is 1. The Kier molecular flexibility index (Phi) is 3.14. The second-order valence-corrected chi connectivity index (χ2v) is 4.85. The number of aromatic nitrogens is 1. The number of hydrogen-bond donors (Lipinski definition) is 2. The Balaban J connectivity index is 1.85. The number of rotatable bonds is 2. The number of anilines is 1. The summed E-state index contributed by atoms with van der Waals surface area (Å²) in [5.41, 5.74) is 1.11. The normalized spacial score (nSPS) is 18.4. The van der Waals surface area contributed by atoms with Crippen LogP contribution in [0.15, 0.2) is 30.5 Å². The topological polar surface area (TPSA) is 65.5 Å². The molecule has 1 amide bonds. The number of halogens is 1. The van der Waals surface area contributed by atoms with Gasteiger partial charge in [0, 0.05) is 36.4 Å². The zero-order valence-electron chi connectivity index (χ0n) is 10.7. The van der Waals surface area contributed by atoms with Crippen LogP contribution >= 0.6 is 0 Å². The zero-order chi connectivity index (χ0) is 14.1. The van der Waals surface area contributed by atoms with Crippen LogP contribution in [0, 0.1) is 5.82 Å². The van der Waals surface area contributed by atoms with E-state index >= 15 is 0 Å². The molecule has 1 aromatic heterocycles. The number of nitrogens with one attached hydrogen (secondary N) is 1. The Labute approximate surface area is 115 Å². The molecular formula is C14H14FN3O2. The van der Waals surface area contributed by atoms with Gasteiger partial charge in [-0.1, -0.05) is 0 Å². The largest absolute Gasteiger partial charge is 0.465 e. The summed E-state index contributed by atoms with van der Waals surface area (Å²) in [5.74, 6) is -0.357. The van der Waals surface area contributed by atoms with Crippen molar-refractivity contribution in [2.75, 3.05) is 18.4 Å². The summed E-state index contributed by atoms with van der Waals surface area (Å²) < 4.78 is 13.7. The minimum absolute atomic E-state index is 0.0416. The first-order chi connectivity index (χ1) is 9.65. The third kappa shape index (κ3) is 2.24. The van der Waals surface area contributed by atoms with Crippen LogP contribution in [0.25, 0.3) is 10.9 Å².